The van der Waals surface area contributed by atoms with E-state index in [0.717, 1.165) is 4.47 Å². The van der Waals surface area contributed by atoms with Gasteiger partial charge in [0.15, 0.2) is 0 Å². The first-order chi connectivity index (χ1) is 9.49. The molecule has 1 unspecified atom stereocenters. The number of hydrogen-bond donors (Lipinski definition) is 1. The van der Waals surface area contributed by atoms with E-state index < -0.39 is 12.0 Å². The average Bonchev–Trinajstić information content (AvgIpc) is 2.46. The van der Waals surface area contributed by atoms with Gasteiger partial charge in [0.25, 0.3) is 5.91 Å². The van der Waals surface area contributed by atoms with Crippen LogP contribution in [0.15, 0.2) is 28.7 Å². The molecule has 1 atom stereocenters. The molecule has 2 rings (SSSR count). The summed E-state index contributed by atoms with van der Waals surface area (Å²) in [5.41, 5.74) is 0.660. The van der Waals surface area contributed by atoms with E-state index >= 15 is 0 Å². The second-order valence-electron chi connectivity index (χ2n) is 4.85. The SMILES string of the molecule is CC(C(=O)O)N1CCN(C(=O)c2ccc(Br)cc2)CC1. The molecule has 1 amide bonds. The van der Waals surface area contributed by atoms with E-state index in [4.69, 9.17) is 5.11 Å². The summed E-state index contributed by atoms with van der Waals surface area (Å²) in [5.74, 6) is -0.821. The van der Waals surface area contributed by atoms with Crippen LogP contribution in [-0.2, 0) is 4.79 Å². The Bertz CT molecular complexity index is 496. The molecule has 1 N–H and O–H groups in total. The van der Waals surface area contributed by atoms with Gasteiger partial charge in [0.05, 0.1) is 0 Å². The van der Waals surface area contributed by atoms with E-state index in [1.54, 1.807) is 24.0 Å². The monoisotopic (exact) mass is 340 g/mol. The van der Waals surface area contributed by atoms with Crippen LogP contribution >= 0.6 is 15.9 Å². The molecule has 1 aromatic rings. The zero-order valence-electron chi connectivity index (χ0n) is 11.3. The number of carbonyl (C=O) groups is 2. The van der Waals surface area contributed by atoms with Crippen molar-refractivity contribution in [2.45, 2.75) is 13.0 Å². The summed E-state index contributed by atoms with van der Waals surface area (Å²) in [7, 11) is 0. The molecule has 0 aliphatic carbocycles. The van der Waals surface area contributed by atoms with Crippen LogP contribution in [0.1, 0.15) is 17.3 Å². The van der Waals surface area contributed by atoms with Gasteiger partial charge >= 0.3 is 5.97 Å². The van der Waals surface area contributed by atoms with E-state index in [9.17, 15) is 9.59 Å². The molecule has 1 aliphatic rings. The van der Waals surface area contributed by atoms with E-state index in [1.165, 1.54) is 0 Å². The zero-order chi connectivity index (χ0) is 14.7. The molecule has 0 bridgehead atoms. The number of benzene rings is 1. The summed E-state index contributed by atoms with van der Waals surface area (Å²) in [6, 6.07) is 6.77. The third-order valence-corrected chi connectivity index (χ3v) is 4.13. The normalized spacial score (nSPS) is 17.8. The lowest BCUT2D eigenvalue weighted by atomic mass is 10.1. The summed E-state index contributed by atoms with van der Waals surface area (Å²) in [6.07, 6.45) is 0. The average molecular weight is 341 g/mol. The van der Waals surface area contributed by atoms with Gasteiger partial charge in [-0.2, -0.15) is 0 Å². The highest BCUT2D eigenvalue weighted by Crippen LogP contribution is 2.14. The standard InChI is InChI=1S/C14H17BrN2O3/c1-10(14(19)20)16-6-8-17(9-7-16)13(18)11-2-4-12(15)5-3-11/h2-5,10H,6-9H2,1H3,(H,19,20). The third-order valence-electron chi connectivity index (χ3n) is 3.60. The summed E-state index contributed by atoms with van der Waals surface area (Å²) in [5, 5.41) is 8.99. The lowest BCUT2D eigenvalue weighted by Gasteiger charge is -2.36. The van der Waals surface area contributed by atoms with Crippen LogP contribution in [0.2, 0.25) is 0 Å². The van der Waals surface area contributed by atoms with Crippen LogP contribution in [-0.4, -0.2) is 59.0 Å². The van der Waals surface area contributed by atoms with E-state index in [2.05, 4.69) is 15.9 Å². The number of piperazine rings is 1. The fourth-order valence-electron chi connectivity index (χ4n) is 2.24. The smallest absolute Gasteiger partial charge is 0.320 e. The molecule has 0 spiro atoms. The molecular formula is C14H17BrN2O3. The van der Waals surface area contributed by atoms with Crippen molar-refractivity contribution in [2.75, 3.05) is 26.2 Å². The molecule has 0 radical (unpaired) electrons. The van der Waals surface area contributed by atoms with Crippen molar-refractivity contribution in [3.8, 4) is 0 Å². The maximum absolute atomic E-state index is 12.3. The molecule has 20 heavy (non-hydrogen) atoms. The van der Waals surface area contributed by atoms with Gasteiger partial charge in [-0.1, -0.05) is 15.9 Å². The molecule has 6 heteroatoms. The Morgan fingerprint density at radius 2 is 1.70 bits per heavy atom. The Labute approximate surface area is 126 Å². The molecule has 5 nitrogen and oxygen atoms in total. The number of aliphatic carboxylic acids is 1. The van der Waals surface area contributed by atoms with Crippen molar-refractivity contribution in [3.63, 3.8) is 0 Å². The van der Waals surface area contributed by atoms with Crippen LogP contribution in [0, 0.1) is 0 Å². The summed E-state index contributed by atoms with van der Waals surface area (Å²) >= 11 is 3.34. The summed E-state index contributed by atoms with van der Waals surface area (Å²) in [4.78, 5) is 26.9. The number of carboxylic acid groups (broad SMARTS) is 1. The van der Waals surface area contributed by atoms with Crippen LogP contribution in [0.25, 0.3) is 0 Å². The topological polar surface area (TPSA) is 60.9 Å². The highest BCUT2D eigenvalue weighted by Gasteiger charge is 2.27. The minimum Gasteiger partial charge on any atom is -0.480 e. The number of nitrogens with zero attached hydrogens (tertiary/aromatic N) is 2. The Balaban J connectivity index is 1.95. The number of amides is 1. The van der Waals surface area contributed by atoms with Gasteiger partial charge in [-0.25, -0.2) is 0 Å². The largest absolute Gasteiger partial charge is 0.480 e. The fourth-order valence-corrected chi connectivity index (χ4v) is 2.51. The first-order valence-corrected chi connectivity index (χ1v) is 7.30. The lowest BCUT2D eigenvalue weighted by molar-refractivity contribution is -0.143. The minimum absolute atomic E-state index is 0.000119. The van der Waals surface area contributed by atoms with Crippen molar-refractivity contribution < 1.29 is 14.7 Å². The van der Waals surface area contributed by atoms with Gasteiger partial charge in [0.2, 0.25) is 0 Å². The molecular weight excluding hydrogens is 324 g/mol. The van der Waals surface area contributed by atoms with Gasteiger partial charge in [0.1, 0.15) is 6.04 Å². The number of carbonyl (C=O) groups excluding carboxylic acids is 1. The Morgan fingerprint density at radius 1 is 1.15 bits per heavy atom. The summed E-state index contributed by atoms with van der Waals surface area (Å²) in [6.45, 7) is 3.99. The number of carboxylic acids is 1. The van der Waals surface area contributed by atoms with Gasteiger partial charge in [-0.3, -0.25) is 14.5 Å². The van der Waals surface area contributed by atoms with Crippen molar-refractivity contribution in [2.24, 2.45) is 0 Å². The van der Waals surface area contributed by atoms with Crippen molar-refractivity contribution in [3.05, 3.63) is 34.3 Å². The highest BCUT2D eigenvalue weighted by atomic mass is 79.9. The fraction of sp³-hybridized carbons (Fsp3) is 0.429. The molecule has 108 valence electrons. The van der Waals surface area contributed by atoms with Crippen LogP contribution < -0.4 is 0 Å². The van der Waals surface area contributed by atoms with Crippen molar-refractivity contribution in [1.82, 2.24) is 9.80 Å². The van der Waals surface area contributed by atoms with Gasteiger partial charge in [0, 0.05) is 36.2 Å². The third kappa shape index (κ3) is 3.37. The Morgan fingerprint density at radius 3 is 2.20 bits per heavy atom. The summed E-state index contributed by atoms with van der Waals surface area (Å²) < 4.78 is 0.939. The van der Waals surface area contributed by atoms with E-state index in [0.29, 0.717) is 31.7 Å². The predicted molar refractivity (Wildman–Crippen MR) is 78.7 cm³/mol. The lowest BCUT2D eigenvalue weighted by Crippen LogP contribution is -2.53. The Kier molecular flexibility index (Phi) is 4.77. The van der Waals surface area contributed by atoms with Crippen LogP contribution in [0.5, 0.6) is 0 Å². The zero-order valence-corrected chi connectivity index (χ0v) is 12.8. The number of rotatable bonds is 3. The van der Waals surface area contributed by atoms with E-state index in [1.807, 2.05) is 17.0 Å². The molecule has 1 aliphatic heterocycles. The quantitative estimate of drug-likeness (QED) is 0.909. The molecule has 1 fully saturated rings. The first kappa shape index (κ1) is 15.0. The number of halogens is 1. The second-order valence-corrected chi connectivity index (χ2v) is 5.76. The molecule has 1 aromatic carbocycles. The minimum atomic E-state index is -0.822. The van der Waals surface area contributed by atoms with Crippen LogP contribution in [0.3, 0.4) is 0 Å². The Hall–Kier alpha value is -1.40. The predicted octanol–water partition coefficient (Wildman–Crippen LogP) is 1.68. The van der Waals surface area contributed by atoms with Crippen LogP contribution in [0.4, 0.5) is 0 Å². The first-order valence-electron chi connectivity index (χ1n) is 6.50. The highest BCUT2D eigenvalue weighted by molar-refractivity contribution is 9.10. The van der Waals surface area contributed by atoms with Gasteiger partial charge in [-0.15, -0.1) is 0 Å². The molecule has 0 saturated carbocycles. The maximum atomic E-state index is 12.3. The second kappa shape index (κ2) is 6.37. The molecule has 0 aromatic heterocycles. The maximum Gasteiger partial charge on any atom is 0.320 e. The number of hydrogen-bond acceptors (Lipinski definition) is 3. The van der Waals surface area contributed by atoms with Crippen molar-refractivity contribution in [1.29, 1.82) is 0 Å². The van der Waals surface area contributed by atoms with Gasteiger partial charge in [-0.05, 0) is 31.2 Å². The molecule has 1 saturated heterocycles. The molecule has 1 heterocycles. The van der Waals surface area contributed by atoms with E-state index in [-0.39, 0.29) is 5.91 Å². The van der Waals surface area contributed by atoms with Gasteiger partial charge < -0.3 is 10.0 Å². The van der Waals surface area contributed by atoms with Crippen molar-refractivity contribution >= 4 is 27.8 Å².